The number of amides is 1. The van der Waals surface area contributed by atoms with Gasteiger partial charge in [-0.2, -0.15) is 0 Å². The number of ether oxygens (including phenoxy) is 1. The standard InChI is InChI=1S/C21H21N3O2/c1-14-6-7-19-17(10-14)18(21(25)23-13-16-5-3-9-26-16)11-20(24-19)15-4-2-8-22-12-15/h2,4,6-8,10-12,16H,3,5,9,13H2,1H3,(H,23,25). The molecule has 0 radical (unpaired) electrons. The molecular formula is C21H21N3O2. The van der Waals surface area contributed by atoms with Crippen LogP contribution < -0.4 is 5.32 Å². The summed E-state index contributed by atoms with van der Waals surface area (Å²) in [4.78, 5) is 21.8. The number of carbonyl (C=O) groups is 1. The van der Waals surface area contributed by atoms with Gasteiger partial charge < -0.3 is 10.1 Å². The monoisotopic (exact) mass is 347 g/mol. The Bertz CT molecular complexity index is 935. The van der Waals surface area contributed by atoms with Crippen molar-refractivity contribution in [3.05, 3.63) is 59.9 Å². The second-order valence-corrected chi connectivity index (χ2v) is 6.66. The van der Waals surface area contributed by atoms with E-state index in [2.05, 4.69) is 10.3 Å². The number of nitrogens with zero attached hydrogens (tertiary/aromatic N) is 2. The van der Waals surface area contributed by atoms with Crippen LogP contribution in [0.15, 0.2) is 48.8 Å². The minimum absolute atomic E-state index is 0.0939. The molecule has 1 fully saturated rings. The molecular weight excluding hydrogens is 326 g/mol. The Morgan fingerprint density at radius 1 is 1.31 bits per heavy atom. The first-order valence-electron chi connectivity index (χ1n) is 8.92. The van der Waals surface area contributed by atoms with Gasteiger partial charge in [0.1, 0.15) is 0 Å². The van der Waals surface area contributed by atoms with Gasteiger partial charge in [0.15, 0.2) is 0 Å². The predicted octanol–water partition coefficient (Wildman–Crippen LogP) is 3.51. The first-order chi connectivity index (χ1) is 12.7. The number of hydrogen-bond donors (Lipinski definition) is 1. The highest BCUT2D eigenvalue weighted by atomic mass is 16.5. The van der Waals surface area contributed by atoms with Gasteiger partial charge in [-0.05, 0) is 50.1 Å². The molecule has 26 heavy (non-hydrogen) atoms. The van der Waals surface area contributed by atoms with Crippen LogP contribution >= 0.6 is 0 Å². The molecule has 1 aromatic carbocycles. The molecule has 2 aromatic heterocycles. The molecule has 132 valence electrons. The van der Waals surface area contributed by atoms with Gasteiger partial charge in [0, 0.05) is 36.5 Å². The van der Waals surface area contributed by atoms with E-state index in [1.165, 1.54) is 0 Å². The van der Waals surface area contributed by atoms with E-state index >= 15 is 0 Å². The molecule has 0 saturated carbocycles. The zero-order valence-corrected chi connectivity index (χ0v) is 14.7. The third-order valence-corrected chi connectivity index (χ3v) is 4.68. The molecule has 4 rings (SSSR count). The maximum atomic E-state index is 12.9. The summed E-state index contributed by atoms with van der Waals surface area (Å²) < 4.78 is 5.60. The molecule has 1 N–H and O–H groups in total. The number of aryl methyl sites for hydroxylation is 1. The fourth-order valence-corrected chi connectivity index (χ4v) is 3.30. The number of hydrogen-bond acceptors (Lipinski definition) is 4. The van der Waals surface area contributed by atoms with Crippen molar-refractivity contribution < 1.29 is 9.53 Å². The van der Waals surface area contributed by atoms with Gasteiger partial charge in [0.05, 0.1) is 22.9 Å². The van der Waals surface area contributed by atoms with Crippen molar-refractivity contribution in [2.75, 3.05) is 13.2 Å². The van der Waals surface area contributed by atoms with Crippen molar-refractivity contribution in [3.63, 3.8) is 0 Å². The highest BCUT2D eigenvalue weighted by molar-refractivity contribution is 6.07. The summed E-state index contributed by atoms with van der Waals surface area (Å²) in [5.41, 5.74) is 4.18. The lowest BCUT2D eigenvalue weighted by Crippen LogP contribution is -2.32. The Morgan fingerprint density at radius 2 is 2.23 bits per heavy atom. The lowest BCUT2D eigenvalue weighted by atomic mass is 10.0. The first kappa shape index (κ1) is 16.7. The highest BCUT2D eigenvalue weighted by Crippen LogP contribution is 2.25. The summed E-state index contributed by atoms with van der Waals surface area (Å²) in [6.45, 7) is 3.34. The molecule has 3 heterocycles. The Balaban J connectivity index is 1.72. The molecule has 1 saturated heterocycles. The van der Waals surface area contributed by atoms with E-state index in [9.17, 15) is 4.79 Å². The van der Waals surface area contributed by atoms with Crippen LogP contribution in [0.2, 0.25) is 0 Å². The summed E-state index contributed by atoms with van der Waals surface area (Å²) in [6.07, 6.45) is 5.66. The van der Waals surface area contributed by atoms with E-state index < -0.39 is 0 Å². The summed E-state index contributed by atoms with van der Waals surface area (Å²) in [7, 11) is 0. The molecule has 0 spiro atoms. The van der Waals surface area contributed by atoms with E-state index in [0.29, 0.717) is 12.1 Å². The van der Waals surface area contributed by atoms with Crippen molar-refractivity contribution in [2.45, 2.75) is 25.9 Å². The van der Waals surface area contributed by atoms with E-state index in [-0.39, 0.29) is 12.0 Å². The second kappa shape index (κ2) is 7.22. The Hall–Kier alpha value is -2.79. The maximum Gasteiger partial charge on any atom is 0.252 e. The summed E-state index contributed by atoms with van der Waals surface area (Å²) in [5, 5.41) is 3.89. The van der Waals surface area contributed by atoms with Gasteiger partial charge in [0.25, 0.3) is 5.91 Å². The number of aromatic nitrogens is 2. The molecule has 1 unspecified atom stereocenters. The fourth-order valence-electron chi connectivity index (χ4n) is 3.30. The average molecular weight is 347 g/mol. The van der Waals surface area contributed by atoms with E-state index in [4.69, 9.17) is 9.72 Å². The maximum absolute atomic E-state index is 12.9. The molecule has 1 aliphatic heterocycles. The van der Waals surface area contributed by atoms with E-state index in [0.717, 1.165) is 47.2 Å². The minimum Gasteiger partial charge on any atom is -0.376 e. The smallest absolute Gasteiger partial charge is 0.252 e. The van der Waals surface area contributed by atoms with Gasteiger partial charge in [-0.15, -0.1) is 0 Å². The Morgan fingerprint density at radius 3 is 3.00 bits per heavy atom. The molecule has 0 bridgehead atoms. The average Bonchev–Trinajstić information content (AvgIpc) is 3.19. The zero-order chi connectivity index (χ0) is 17.9. The molecule has 5 heteroatoms. The molecule has 1 amide bonds. The number of rotatable bonds is 4. The molecule has 3 aromatic rings. The van der Waals surface area contributed by atoms with Crippen LogP contribution in [-0.4, -0.2) is 35.1 Å². The molecule has 5 nitrogen and oxygen atoms in total. The van der Waals surface area contributed by atoms with Crippen LogP contribution in [0.3, 0.4) is 0 Å². The quantitative estimate of drug-likeness (QED) is 0.784. The van der Waals surface area contributed by atoms with Crippen LogP contribution in [-0.2, 0) is 4.74 Å². The Labute approximate surface area is 152 Å². The number of fused-ring (bicyclic) bond motifs is 1. The zero-order valence-electron chi connectivity index (χ0n) is 14.7. The van der Waals surface area contributed by atoms with Gasteiger partial charge in [-0.1, -0.05) is 11.6 Å². The van der Waals surface area contributed by atoms with Crippen molar-refractivity contribution in [3.8, 4) is 11.3 Å². The molecule has 0 aliphatic carbocycles. The van der Waals surface area contributed by atoms with Crippen LogP contribution in [0.5, 0.6) is 0 Å². The third kappa shape index (κ3) is 3.44. The normalized spacial score (nSPS) is 16.7. The lowest BCUT2D eigenvalue weighted by Gasteiger charge is -2.13. The SMILES string of the molecule is Cc1ccc2nc(-c3cccnc3)cc(C(=O)NCC3CCCO3)c2c1. The second-order valence-electron chi connectivity index (χ2n) is 6.66. The number of nitrogens with one attached hydrogen (secondary N) is 1. The van der Waals surface area contributed by atoms with Gasteiger partial charge in [-0.25, -0.2) is 4.98 Å². The topological polar surface area (TPSA) is 64.1 Å². The van der Waals surface area contributed by atoms with Crippen molar-refractivity contribution in [2.24, 2.45) is 0 Å². The van der Waals surface area contributed by atoms with Gasteiger partial charge in [-0.3, -0.25) is 9.78 Å². The largest absolute Gasteiger partial charge is 0.376 e. The van der Waals surface area contributed by atoms with E-state index in [1.807, 2.05) is 43.3 Å². The van der Waals surface area contributed by atoms with Crippen LogP contribution in [0.1, 0.15) is 28.8 Å². The minimum atomic E-state index is -0.0939. The number of pyridine rings is 2. The number of carbonyl (C=O) groups excluding carboxylic acids is 1. The van der Waals surface area contributed by atoms with Gasteiger partial charge >= 0.3 is 0 Å². The molecule has 1 atom stereocenters. The van der Waals surface area contributed by atoms with Gasteiger partial charge in [0.2, 0.25) is 0 Å². The summed E-state index contributed by atoms with van der Waals surface area (Å²) in [5.74, 6) is -0.0939. The summed E-state index contributed by atoms with van der Waals surface area (Å²) >= 11 is 0. The highest BCUT2D eigenvalue weighted by Gasteiger charge is 2.19. The van der Waals surface area contributed by atoms with Crippen molar-refractivity contribution >= 4 is 16.8 Å². The fraction of sp³-hybridized carbons (Fsp3) is 0.286. The lowest BCUT2D eigenvalue weighted by molar-refractivity contribution is 0.0859. The molecule has 1 aliphatic rings. The van der Waals surface area contributed by atoms with Crippen molar-refractivity contribution in [1.29, 1.82) is 0 Å². The van der Waals surface area contributed by atoms with Crippen LogP contribution in [0.25, 0.3) is 22.2 Å². The van der Waals surface area contributed by atoms with Crippen molar-refractivity contribution in [1.82, 2.24) is 15.3 Å². The Kier molecular flexibility index (Phi) is 4.63. The van der Waals surface area contributed by atoms with Crippen LogP contribution in [0.4, 0.5) is 0 Å². The van der Waals surface area contributed by atoms with Crippen LogP contribution in [0, 0.1) is 6.92 Å². The first-order valence-corrected chi connectivity index (χ1v) is 8.92. The third-order valence-electron chi connectivity index (χ3n) is 4.68. The number of benzene rings is 1. The van der Waals surface area contributed by atoms with E-state index in [1.54, 1.807) is 12.4 Å². The summed E-state index contributed by atoms with van der Waals surface area (Å²) in [6, 6.07) is 11.6. The predicted molar refractivity (Wildman–Crippen MR) is 101 cm³/mol.